The third-order valence-electron chi connectivity index (χ3n) is 3.11. The number of hydrogen-bond acceptors (Lipinski definition) is 2. The Morgan fingerprint density at radius 1 is 1.06 bits per heavy atom. The Morgan fingerprint density at radius 3 is 1.82 bits per heavy atom. The number of carbonyl (C=O) groups excluding carboxylic acids is 1. The molecule has 0 radical (unpaired) electrons. The predicted molar refractivity (Wildman–Crippen MR) is 66.9 cm³/mol. The molecule has 2 N–H and O–H groups in total. The molecule has 0 spiro atoms. The summed E-state index contributed by atoms with van der Waals surface area (Å²) in [7, 11) is 1.68. The van der Waals surface area contributed by atoms with Gasteiger partial charge < -0.3 is 15.3 Å². The Labute approximate surface area is 103 Å². The summed E-state index contributed by atoms with van der Waals surface area (Å²) in [4.78, 5) is 24.4. The van der Waals surface area contributed by atoms with Crippen LogP contribution in [0.3, 0.4) is 0 Å². The number of nitrogens with one attached hydrogen (secondary N) is 1. The Bertz CT molecular complexity index is 277. The van der Waals surface area contributed by atoms with E-state index in [1.807, 2.05) is 20.8 Å². The van der Waals surface area contributed by atoms with Crippen molar-refractivity contribution < 1.29 is 14.7 Å². The highest BCUT2D eigenvalue weighted by molar-refractivity contribution is 5.82. The Balaban J connectivity index is 4.56. The Hall–Kier alpha value is -1.26. The van der Waals surface area contributed by atoms with Gasteiger partial charge in [-0.15, -0.1) is 0 Å². The van der Waals surface area contributed by atoms with Crippen LogP contribution in [0, 0.1) is 11.8 Å². The second-order valence-electron chi connectivity index (χ2n) is 5.10. The van der Waals surface area contributed by atoms with E-state index < -0.39 is 12.0 Å². The standard InChI is InChI=1S/C12H24N2O3/c1-7(2)9(5)14(6)12(17)13-10(8(3)4)11(15)16/h7-10H,1-6H3,(H,13,17)(H,15,16). The number of carboxylic acid groups (broad SMARTS) is 1. The molecule has 0 bridgehead atoms. The molecule has 2 unspecified atom stereocenters. The first-order valence-corrected chi connectivity index (χ1v) is 5.94. The molecule has 5 heteroatoms. The fourth-order valence-electron chi connectivity index (χ4n) is 1.38. The van der Waals surface area contributed by atoms with Gasteiger partial charge in [0.25, 0.3) is 0 Å². The zero-order valence-corrected chi connectivity index (χ0v) is 11.5. The minimum Gasteiger partial charge on any atom is -0.480 e. The first-order valence-electron chi connectivity index (χ1n) is 5.94. The van der Waals surface area contributed by atoms with E-state index in [1.165, 1.54) is 0 Å². The molecule has 0 rings (SSSR count). The van der Waals surface area contributed by atoms with Gasteiger partial charge in [-0.1, -0.05) is 27.7 Å². The van der Waals surface area contributed by atoms with E-state index in [2.05, 4.69) is 5.32 Å². The maximum atomic E-state index is 11.9. The van der Waals surface area contributed by atoms with Crippen LogP contribution < -0.4 is 5.32 Å². The largest absolute Gasteiger partial charge is 0.480 e. The minimum absolute atomic E-state index is 0.0663. The molecule has 0 aromatic rings. The Morgan fingerprint density at radius 2 is 1.53 bits per heavy atom. The second kappa shape index (κ2) is 6.47. The van der Waals surface area contributed by atoms with Crippen molar-refractivity contribution in [3.8, 4) is 0 Å². The van der Waals surface area contributed by atoms with E-state index in [0.717, 1.165) is 0 Å². The van der Waals surface area contributed by atoms with Crippen molar-refractivity contribution in [2.24, 2.45) is 11.8 Å². The van der Waals surface area contributed by atoms with Gasteiger partial charge >= 0.3 is 12.0 Å². The van der Waals surface area contributed by atoms with Gasteiger partial charge in [0, 0.05) is 13.1 Å². The number of nitrogens with zero attached hydrogens (tertiary/aromatic N) is 1. The molecule has 0 aromatic carbocycles. The average Bonchev–Trinajstić information content (AvgIpc) is 2.22. The summed E-state index contributed by atoms with van der Waals surface area (Å²) in [5.41, 5.74) is 0. The van der Waals surface area contributed by atoms with E-state index in [4.69, 9.17) is 5.11 Å². The summed E-state index contributed by atoms with van der Waals surface area (Å²) < 4.78 is 0. The fourth-order valence-corrected chi connectivity index (χ4v) is 1.38. The highest BCUT2D eigenvalue weighted by atomic mass is 16.4. The minimum atomic E-state index is -1.00. The van der Waals surface area contributed by atoms with Crippen LogP contribution in [0.25, 0.3) is 0 Å². The summed E-state index contributed by atoms with van der Waals surface area (Å²) in [6.07, 6.45) is 0. The van der Waals surface area contributed by atoms with Crippen LogP contribution >= 0.6 is 0 Å². The number of carboxylic acids is 1. The van der Waals surface area contributed by atoms with E-state index >= 15 is 0 Å². The lowest BCUT2D eigenvalue weighted by Crippen LogP contribution is -2.51. The number of hydrogen-bond donors (Lipinski definition) is 2. The van der Waals surface area contributed by atoms with E-state index in [9.17, 15) is 9.59 Å². The second-order valence-corrected chi connectivity index (χ2v) is 5.10. The maximum Gasteiger partial charge on any atom is 0.326 e. The van der Waals surface area contributed by atoms with Crippen molar-refractivity contribution in [2.75, 3.05) is 7.05 Å². The number of aliphatic carboxylic acids is 1. The molecule has 0 heterocycles. The molecule has 2 amide bonds. The summed E-state index contributed by atoms with van der Waals surface area (Å²) >= 11 is 0. The van der Waals surface area contributed by atoms with Gasteiger partial charge in [0.15, 0.2) is 0 Å². The third kappa shape index (κ3) is 4.63. The van der Waals surface area contributed by atoms with Gasteiger partial charge in [-0.2, -0.15) is 0 Å². The van der Waals surface area contributed by atoms with Crippen molar-refractivity contribution in [2.45, 2.75) is 46.7 Å². The normalized spacial score (nSPS) is 14.6. The number of carbonyl (C=O) groups is 2. The van der Waals surface area contributed by atoms with Gasteiger partial charge in [0.1, 0.15) is 6.04 Å². The smallest absolute Gasteiger partial charge is 0.326 e. The highest BCUT2D eigenvalue weighted by Gasteiger charge is 2.26. The molecule has 2 atom stereocenters. The highest BCUT2D eigenvalue weighted by Crippen LogP contribution is 2.09. The van der Waals surface area contributed by atoms with Crippen LogP contribution in [-0.4, -0.2) is 41.1 Å². The predicted octanol–water partition coefficient (Wildman–Crippen LogP) is 1.78. The molecule has 0 aliphatic rings. The summed E-state index contributed by atoms with van der Waals surface area (Å²) in [6, 6.07) is -1.12. The maximum absolute atomic E-state index is 11.9. The lowest BCUT2D eigenvalue weighted by atomic mass is 10.0. The first-order chi connectivity index (χ1) is 7.68. The van der Waals surface area contributed by atoms with E-state index in [-0.39, 0.29) is 18.0 Å². The van der Waals surface area contributed by atoms with Crippen molar-refractivity contribution in [1.82, 2.24) is 10.2 Å². The molecule has 0 aliphatic carbocycles. The average molecular weight is 244 g/mol. The lowest BCUT2D eigenvalue weighted by molar-refractivity contribution is -0.140. The summed E-state index contributed by atoms with van der Waals surface area (Å²) in [5, 5.41) is 11.5. The zero-order chi connectivity index (χ0) is 13.7. The lowest BCUT2D eigenvalue weighted by Gasteiger charge is -2.30. The molecule has 100 valence electrons. The molecular weight excluding hydrogens is 220 g/mol. The van der Waals surface area contributed by atoms with Gasteiger partial charge in [0.2, 0.25) is 0 Å². The first kappa shape index (κ1) is 15.7. The fraction of sp³-hybridized carbons (Fsp3) is 0.833. The number of urea groups is 1. The Kier molecular flexibility index (Phi) is 5.99. The SMILES string of the molecule is CC(C)C(NC(=O)N(C)C(C)C(C)C)C(=O)O. The van der Waals surface area contributed by atoms with Gasteiger partial charge in [-0.25, -0.2) is 9.59 Å². The molecule has 17 heavy (non-hydrogen) atoms. The molecular formula is C12H24N2O3. The van der Waals surface area contributed by atoms with Crippen LogP contribution in [0.15, 0.2) is 0 Å². The molecule has 0 saturated carbocycles. The molecule has 0 saturated heterocycles. The molecule has 0 aromatic heterocycles. The monoisotopic (exact) mass is 244 g/mol. The van der Waals surface area contributed by atoms with Crippen molar-refractivity contribution in [1.29, 1.82) is 0 Å². The van der Waals surface area contributed by atoms with Crippen LogP contribution in [0.5, 0.6) is 0 Å². The quantitative estimate of drug-likeness (QED) is 0.774. The van der Waals surface area contributed by atoms with Gasteiger partial charge in [-0.05, 0) is 18.8 Å². The van der Waals surface area contributed by atoms with E-state index in [0.29, 0.717) is 5.92 Å². The van der Waals surface area contributed by atoms with E-state index in [1.54, 1.807) is 25.8 Å². The summed E-state index contributed by atoms with van der Waals surface area (Å²) in [6.45, 7) is 9.52. The van der Waals surface area contributed by atoms with Crippen LogP contribution in [0.2, 0.25) is 0 Å². The van der Waals surface area contributed by atoms with Crippen LogP contribution in [0.1, 0.15) is 34.6 Å². The van der Waals surface area contributed by atoms with Crippen molar-refractivity contribution in [3.63, 3.8) is 0 Å². The number of rotatable bonds is 5. The summed E-state index contributed by atoms with van der Waals surface area (Å²) in [5.74, 6) is -0.814. The van der Waals surface area contributed by atoms with Gasteiger partial charge in [-0.3, -0.25) is 0 Å². The van der Waals surface area contributed by atoms with Gasteiger partial charge in [0.05, 0.1) is 0 Å². The third-order valence-corrected chi connectivity index (χ3v) is 3.11. The zero-order valence-electron chi connectivity index (χ0n) is 11.5. The van der Waals surface area contributed by atoms with Crippen molar-refractivity contribution >= 4 is 12.0 Å². The topological polar surface area (TPSA) is 69.6 Å². The molecule has 0 fully saturated rings. The number of amides is 2. The van der Waals surface area contributed by atoms with Crippen LogP contribution in [-0.2, 0) is 4.79 Å². The van der Waals surface area contributed by atoms with Crippen molar-refractivity contribution in [3.05, 3.63) is 0 Å². The molecule has 0 aliphatic heterocycles. The molecule has 5 nitrogen and oxygen atoms in total. The van der Waals surface area contributed by atoms with Crippen LogP contribution in [0.4, 0.5) is 4.79 Å².